The van der Waals surface area contributed by atoms with Gasteiger partial charge in [0.1, 0.15) is 11.6 Å². The fourth-order valence-corrected chi connectivity index (χ4v) is 2.38. The Balaban J connectivity index is 1.99. The van der Waals surface area contributed by atoms with Gasteiger partial charge in [0, 0.05) is 18.6 Å². The maximum Gasteiger partial charge on any atom is 0.142 e. The van der Waals surface area contributed by atoms with Gasteiger partial charge in [-0.1, -0.05) is 18.2 Å². The number of halogens is 1. The van der Waals surface area contributed by atoms with Crippen LogP contribution in [-0.4, -0.2) is 18.1 Å². The number of pyridine rings is 1. The lowest BCUT2D eigenvalue weighted by atomic mass is 10.2. The first-order chi connectivity index (χ1) is 9.38. The summed E-state index contributed by atoms with van der Waals surface area (Å²) in [5, 5.41) is 0. The number of alkyl halides is 1. The third kappa shape index (κ3) is 2.51. The zero-order valence-corrected chi connectivity index (χ0v) is 11.3. The lowest BCUT2D eigenvalue weighted by molar-refractivity contribution is 0.322. The van der Waals surface area contributed by atoms with Crippen molar-refractivity contribution in [2.75, 3.05) is 18.1 Å². The standard InChI is InChI=1S/C15H15ClN2O/c16-10-12-6-7-15(17-11-12)18-8-3-9-19-14-5-2-1-4-13(14)18/h1-2,4-7,11H,3,8-10H2. The van der Waals surface area contributed by atoms with Gasteiger partial charge in [-0.3, -0.25) is 0 Å². The van der Waals surface area contributed by atoms with Crippen LogP contribution in [0.3, 0.4) is 0 Å². The second-order valence-corrected chi connectivity index (χ2v) is 4.75. The van der Waals surface area contributed by atoms with Crippen LogP contribution in [-0.2, 0) is 5.88 Å². The molecule has 0 radical (unpaired) electrons. The third-order valence-corrected chi connectivity index (χ3v) is 3.49. The third-order valence-electron chi connectivity index (χ3n) is 3.18. The number of hydrogen-bond acceptors (Lipinski definition) is 3. The molecule has 0 atom stereocenters. The molecule has 1 aliphatic heterocycles. The first-order valence-electron chi connectivity index (χ1n) is 6.39. The second-order valence-electron chi connectivity index (χ2n) is 4.48. The van der Waals surface area contributed by atoms with Gasteiger partial charge in [-0.2, -0.15) is 0 Å². The molecule has 0 saturated carbocycles. The van der Waals surface area contributed by atoms with Crippen LogP contribution in [0.4, 0.5) is 11.5 Å². The van der Waals surface area contributed by atoms with Crippen molar-refractivity contribution in [3.63, 3.8) is 0 Å². The van der Waals surface area contributed by atoms with E-state index >= 15 is 0 Å². The number of para-hydroxylation sites is 2. The van der Waals surface area contributed by atoms with Crippen LogP contribution in [0, 0.1) is 0 Å². The van der Waals surface area contributed by atoms with Gasteiger partial charge in [-0.05, 0) is 30.2 Å². The fraction of sp³-hybridized carbons (Fsp3) is 0.267. The predicted molar refractivity (Wildman–Crippen MR) is 77.4 cm³/mol. The Labute approximate surface area is 117 Å². The highest BCUT2D eigenvalue weighted by Gasteiger charge is 2.17. The van der Waals surface area contributed by atoms with E-state index in [1.807, 2.05) is 36.5 Å². The van der Waals surface area contributed by atoms with E-state index < -0.39 is 0 Å². The molecule has 0 spiro atoms. The Morgan fingerprint density at radius 2 is 2.11 bits per heavy atom. The molecular weight excluding hydrogens is 260 g/mol. The van der Waals surface area contributed by atoms with Gasteiger partial charge in [0.05, 0.1) is 12.3 Å². The summed E-state index contributed by atoms with van der Waals surface area (Å²) in [6, 6.07) is 12.1. The van der Waals surface area contributed by atoms with Gasteiger partial charge < -0.3 is 9.64 Å². The Hall–Kier alpha value is -1.74. The zero-order chi connectivity index (χ0) is 13.1. The van der Waals surface area contributed by atoms with Crippen LogP contribution in [0.1, 0.15) is 12.0 Å². The van der Waals surface area contributed by atoms with Gasteiger partial charge in [0.15, 0.2) is 0 Å². The first kappa shape index (κ1) is 12.3. The molecule has 3 nitrogen and oxygen atoms in total. The van der Waals surface area contributed by atoms with Crippen LogP contribution in [0.5, 0.6) is 5.75 Å². The summed E-state index contributed by atoms with van der Waals surface area (Å²) in [6.45, 7) is 1.65. The lowest BCUT2D eigenvalue weighted by Crippen LogP contribution is -2.18. The van der Waals surface area contributed by atoms with Crippen LogP contribution < -0.4 is 9.64 Å². The number of aromatic nitrogens is 1. The van der Waals surface area contributed by atoms with E-state index in [0.29, 0.717) is 5.88 Å². The molecule has 19 heavy (non-hydrogen) atoms. The molecule has 0 bridgehead atoms. The predicted octanol–water partition coefficient (Wildman–Crippen LogP) is 3.74. The van der Waals surface area contributed by atoms with Crippen molar-refractivity contribution in [3.8, 4) is 5.75 Å². The summed E-state index contributed by atoms with van der Waals surface area (Å²) in [5.41, 5.74) is 2.11. The van der Waals surface area contributed by atoms with Crippen molar-refractivity contribution < 1.29 is 4.74 Å². The second kappa shape index (κ2) is 5.49. The molecule has 1 aromatic heterocycles. The molecule has 4 heteroatoms. The normalized spacial score (nSPS) is 14.5. The van der Waals surface area contributed by atoms with Crippen LogP contribution >= 0.6 is 11.6 Å². The molecule has 2 heterocycles. The van der Waals surface area contributed by atoms with Crippen molar-refractivity contribution in [3.05, 3.63) is 48.2 Å². The van der Waals surface area contributed by atoms with E-state index in [-0.39, 0.29) is 0 Å². The van der Waals surface area contributed by atoms with E-state index in [2.05, 4.69) is 16.0 Å². The molecule has 2 aromatic rings. The van der Waals surface area contributed by atoms with Gasteiger partial charge in [0.25, 0.3) is 0 Å². The topological polar surface area (TPSA) is 25.4 Å². The monoisotopic (exact) mass is 274 g/mol. The summed E-state index contributed by atoms with van der Waals surface area (Å²) in [4.78, 5) is 6.69. The molecule has 0 unspecified atom stereocenters. The summed E-state index contributed by atoms with van der Waals surface area (Å²) >= 11 is 5.80. The highest BCUT2D eigenvalue weighted by atomic mass is 35.5. The smallest absolute Gasteiger partial charge is 0.142 e. The molecule has 0 amide bonds. The Morgan fingerprint density at radius 3 is 2.89 bits per heavy atom. The number of hydrogen-bond donors (Lipinski definition) is 0. The van der Waals surface area contributed by atoms with E-state index in [4.69, 9.17) is 16.3 Å². The Bertz CT molecular complexity index is 556. The number of benzene rings is 1. The van der Waals surface area contributed by atoms with Gasteiger partial charge >= 0.3 is 0 Å². The summed E-state index contributed by atoms with van der Waals surface area (Å²) < 4.78 is 5.75. The van der Waals surface area contributed by atoms with Crippen molar-refractivity contribution in [1.29, 1.82) is 0 Å². The Morgan fingerprint density at radius 1 is 1.21 bits per heavy atom. The SMILES string of the molecule is ClCc1ccc(N2CCCOc3ccccc32)nc1. The van der Waals surface area contributed by atoms with Crippen molar-refractivity contribution >= 4 is 23.1 Å². The molecule has 3 rings (SSSR count). The van der Waals surface area contributed by atoms with Gasteiger partial charge in [-0.15, -0.1) is 11.6 Å². The molecular formula is C15H15ClN2O. The molecule has 1 aliphatic rings. The lowest BCUT2D eigenvalue weighted by Gasteiger charge is -2.22. The minimum Gasteiger partial charge on any atom is -0.491 e. The van der Waals surface area contributed by atoms with Crippen LogP contribution in [0.15, 0.2) is 42.6 Å². The molecule has 1 aromatic carbocycles. The first-order valence-corrected chi connectivity index (χ1v) is 6.92. The molecule has 0 aliphatic carbocycles. The molecule has 98 valence electrons. The zero-order valence-electron chi connectivity index (χ0n) is 10.6. The van der Waals surface area contributed by atoms with Crippen molar-refractivity contribution in [2.45, 2.75) is 12.3 Å². The summed E-state index contributed by atoms with van der Waals surface area (Å²) in [7, 11) is 0. The largest absolute Gasteiger partial charge is 0.491 e. The highest BCUT2D eigenvalue weighted by Crippen LogP contribution is 2.34. The van der Waals surface area contributed by atoms with Crippen LogP contribution in [0.2, 0.25) is 0 Å². The number of rotatable bonds is 2. The average molecular weight is 275 g/mol. The van der Waals surface area contributed by atoms with Gasteiger partial charge in [0.2, 0.25) is 0 Å². The van der Waals surface area contributed by atoms with E-state index in [0.717, 1.165) is 42.4 Å². The van der Waals surface area contributed by atoms with E-state index in [1.54, 1.807) is 0 Å². The Kier molecular flexibility index (Phi) is 3.56. The van der Waals surface area contributed by atoms with Crippen LogP contribution in [0.25, 0.3) is 0 Å². The molecule has 0 fully saturated rings. The highest BCUT2D eigenvalue weighted by molar-refractivity contribution is 6.17. The number of nitrogens with zero attached hydrogens (tertiary/aromatic N) is 2. The minimum absolute atomic E-state index is 0.493. The van der Waals surface area contributed by atoms with E-state index in [1.165, 1.54) is 0 Å². The number of fused-ring (bicyclic) bond motifs is 1. The number of anilines is 2. The van der Waals surface area contributed by atoms with Crippen molar-refractivity contribution in [2.24, 2.45) is 0 Å². The molecule has 0 saturated heterocycles. The quantitative estimate of drug-likeness (QED) is 0.780. The summed E-state index contributed by atoms with van der Waals surface area (Å²) in [6.07, 6.45) is 2.81. The maximum absolute atomic E-state index is 5.80. The number of ether oxygens (including phenoxy) is 1. The minimum atomic E-state index is 0.493. The molecule has 0 N–H and O–H groups in total. The summed E-state index contributed by atoms with van der Waals surface area (Å²) in [5.74, 6) is 2.35. The van der Waals surface area contributed by atoms with Gasteiger partial charge in [-0.25, -0.2) is 4.98 Å². The maximum atomic E-state index is 5.80. The van der Waals surface area contributed by atoms with Crippen molar-refractivity contribution in [1.82, 2.24) is 4.98 Å². The fourth-order valence-electron chi connectivity index (χ4n) is 2.22. The average Bonchev–Trinajstić information content (AvgIpc) is 2.70. The van der Waals surface area contributed by atoms with E-state index in [9.17, 15) is 0 Å².